The summed E-state index contributed by atoms with van der Waals surface area (Å²) in [7, 11) is 1.12. The summed E-state index contributed by atoms with van der Waals surface area (Å²) in [5.74, 6) is 0. The Morgan fingerprint density at radius 3 is 2.00 bits per heavy atom. The van der Waals surface area contributed by atoms with E-state index in [9.17, 15) is 0 Å². The molecule has 1 aromatic rings. The third-order valence-corrected chi connectivity index (χ3v) is 4.74. The molecule has 0 bridgehead atoms. The molecule has 0 heterocycles. The van der Waals surface area contributed by atoms with E-state index in [1.165, 1.54) is 69.3 Å². The summed E-state index contributed by atoms with van der Waals surface area (Å²) < 4.78 is 0. The standard InChI is InChI=1S/C17H29P.ClH/c1-2-3-4-5-6-7-8-12-15-18-16-17-13-10-9-11-14-17;/h9-11,13-14,18H,2-8,12,15-16H2,1H3;1H. The van der Waals surface area contributed by atoms with Crippen molar-refractivity contribution in [2.75, 3.05) is 6.16 Å². The Labute approximate surface area is 128 Å². The molecule has 0 aliphatic rings. The zero-order chi connectivity index (χ0) is 12.9. The van der Waals surface area contributed by atoms with E-state index in [1.54, 1.807) is 0 Å². The van der Waals surface area contributed by atoms with Crippen molar-refractivity contribution in [1.29, 1.82) is 0 Å². The zero-order valence-electron chi connectivity index (χ0n) is 12.4. The highest BCUT2D eigenvalue weighted by Crippen LogP contribution is 2.20. The number of benzene rings is 1. The van der Waals surface area contributed by atoms with Gasteiger partial charge >= 0.3 is 0 Å². The summed E-state index contributed by atoms with van der Waals surface area (Å²) >= 11 is 0. The molecular weight excluding hydrogens is 271 g/mol. The molecule has 1 rings (SSSR count). The SMILES string of the molecule is CCCCCCCCCCPCc1ccccc1.Cl. The molecule has 0 amide bonds. The minimum absolute atomic E-state index is 0. The average molecular weight is 301 g/mol. The lowest BCUT2D eigenvalue weighted by Gasteiger charge is -2.03. The molecular formula is C17H30ClP. The largest absolute Gasteiger partial charge is 0.147 e. The van der Waals surface area contributed by atoms with E-state index in [0.717, 1.165) is 8.58 Å². The van der Waals surface area contributed by atoms with Crippen LogP contribution in [0.2, 0.25) is 0 Å². The first-order valence-corrected chi connectivity index (χ1v) is 9.09. The molecule has 0 aromatic heterocycles. The molecule has 110 valence electrons. The van der Waals surface area contributed by atoms with Crippen molar-refractivity contribution in [1.82, 2.24) is 0 Å². The highest BCUT2D eigenvalue weighted by molar-refractivity contribution is 7.37. The fraction of sp³-hybridized carbons (Fsp3) is 0.647. The second kappa shape index (κ2) is 14.4. The predicted molar refractivity (Wildman–Crippen MR) is 93.2 cm³/mol. The van der Waals surface area contributed by atoms with E-state index < -0.39 is 0 Å². The maximum atomic E-state index is 2.29. The van der Waals surface area contributed by atoms with Crippen LogP contribution in [0.4, 0.5) is 0 Å². The van der Waals surface area contributed by atoms with E-state index in [-0.39, 0.29) is 12.4 Å². The van der Waals surface area contributed by atoms with Crippen LogP contribution in [0.1, 0.15) is 63.9 Å². The van der Waals surface area contributed by atoms with Gasteiger partial charge in [0.15, 0.2) is 0 Å². The zero-order valence-corrected chi connectivity index (χ0v) is 14.2. The summed E-state index contributed by atoms with van der Waals surface area (Å²) in [4.78, 5) is 0. The molecule has 1 unspecified atom stereocenters. The molecule has 0 radical (unpaired) electrons. The van der Waals surface area contributed by atoms with Crippen LogP contribution in [-0.4, -0.2) is 6.16 Å². The molecule has 0 aliphatic heterocycles. The van der Waals surface area contributed by atoms with E-state index >= 15 is 0 Å². The van der Waals surface area contributed by atoms with Crippen molar-refractivity contribution in [3.8, 4) is 0 Å². The normalized spacial score (nSPS) is 10.8. The highest BCUT2D eigenvalue weighted by atomic mass is 35.5. The lowest BCUT2D eigenvalue weighted by atomic mass is 10.1. The summed E-state index contributed by atoms with van der Waals surface area (Å²) in [5, 5.41) is 0. The Morgan fingerprint density at radius 2 is 1.37 bits per heavy atom. The van der Waals surface area contributed by atoms with Gasteiger partial charge in [0, 0.05) is 0 Å². The van der Waals surface area contributed by atoms with Crippen LogP contribution in [0.3, 0.4) is 0 Å². The van der Waals surface area contributed by atoms with Crippen LogP contribution in [0.15, 0.2) is 30.3 Å². The van der Waals surface area contributed by atoms with Gasteiger partial charge in [0.2, 0.25) is 0 Å². The number of halogens is 1. The fourth-order valence-corrected chi connectivity index (χ4v) is 3.41. The lowest BCUT2D eigenvalue weighted by Crippen LogP contribution is -1.83. The van der Waals surface area contributed by atoms with Crippen molar-refractivity contribution < 1.29 is 0 Å². The van der Waals surface area contributed by atoms with Crippen LogP contribution < -0.4 is 0 Å². The molecule has 1 atom stereocenters. The third kappa shape index (κ3) is 11.5. The van der Waals surface area contributed by atoms with Crippen LogP contribution in [-0.2, 0) is 6.16 Å². The first-order chi connectivity index (χ1) is 8.93. The Morgan fingerprint density at radius 1 is 0.789 bits per heavy atom. The predicted octanol–water partition coefficient (Wildman–Crippen LogP) is 6.43. The highest BCUT2D eigenvalue weighted by Gasteiger charge is 1.93. The monoisotopic (exact) mass is 300 g/mol. The van der Waals surface area contributed by atoms with Gasteiger partial charge in [0.25, 0.3) is 0 Å². The Hall–Kier alpha value is -0.0600. The first kappa shape index (κ1) is 18.9. The number of hydrogen-bond donors (Lipinski definition) is 0. The van der Waals surface area contributed by atoms with Gasteiger partial charge < -0.3 is 0 Å². The van der Waals surface area contributed by atoms with Gasteiger partial charge in [-0.2, -0.15) is 0 Å². The molecule has 0 N–H and O–H groups in total. The van der Waals surface area contributed by atoms with Crippen LogP contribution >= 0.6 is 21.0 Å². The summed E-state index contributed by atoms with van der Waals surface area (Å²) in [5.41, 5.74) is 1.51. The quantitative estimate of drug-likeness (QED) is 0.326. The second-order valence-electron chi connectivity index (χ2n) is 5.14. The second-order valence-corrected chi connectivity index (χ2v) is 6.49. The van der Waals surface area contributed by atoms with Crippen molar-refractivity contribution in [3.63, 3.8) is 0 Å². The molecule has 0 saturated heterocycles. The van der Waals surface area contributed by atoms with Gasteiger partial charge in [-0.3, -0.25) is 0 Å². The van der Waals surface area contributed by atoms with Crippen LogP contribution in [0, 0.1) is 0 Å². The number of unbranched alkanes of at least 4 members (excludes halogenated alkanes) is 7. The molecule has 0 aliphatic carbocycles. The van der Waals surface area contributed by atoms with E-state index in [1.807, 2.05) is 0 Å². The van der Waals surface area contributed by atoms with E-state index in [4.69, 9.17) is 0 Å². The fourth-order valence-electron chi connectivity index (χ4n) is 2.21. The van der Waals surface area contributed by atoms with Crippen molar-refractivity contribution in [3.05, 3.63) is 35.9 Å². The molecule has 0 saturated carbocycles. The van der Waals surface area contributed by atoms with Crippen molar-refractivity contribution in [2.45, 2.75) is 64.5 Å². The maximum Gasteiger partial charge on any atom is -0.0101 e. The van der Waals surface area contributed by atoms with Gasteiger partial charge in [-0.05, 0) is 24.3 Å². The van der Waals surface area contributed by atoms with Gasteiger partial charge in [0.1, 0.15) is 0 Å². The Kier molecular flexibility index (Phi) is 14.3. The maximum absolute atomic E-state index is 2.29. The average Bonchev–Trinajstić information content (AvgIpc) is 2.42. The topological polar surface area (TPSA) is 0 Å². The van der Waals surface area contributed by atoms with Crippen LogP contribution in [0.5, 0.6) is 0 Å². The van der Waals surface area contributed by atoms with Gasteiger partial charge in [-0.25, -0.2) is 0 Å². The lowest BCUT2D eigenvalue weighted by molar-refractivity contribution is 0.586. The van der Waals surface area contributed by atoms with E-state index in [2.05, 4.69) is 37.3 Å². The minimum Gasteiger partial charge on any atom is -0.147 e. The summed E-state index contributed by atoms with van der Waals surface area (Å²) in [6, 6.07) is 10.9. The molecule has 0 spiro atoms. The summed E-state index contributed by atoms with van der Waals surface area (Å²) in [6.45, 7) is 2.29. The Bertz CT molecular complexity index is 274. The molecule has 0 fully saturated rings. The van der Waals surface area contributed by atoms with Gasteiger partial charge in [-0.1, -0.05) is 82.2 Å². The molecule has 1 aromatic carbocycles. The third-order valence-electron chi connectivity index (χ3n) is 3.38. The molecule has 2 heteroatoms. The Balaban J connectivity index is 0.00000324. The number of rotatable bonds is 11. The first-order valence-electron chi connectivity index (χ1n) is 7.68. The number of hydrogen-bond acceptors (Lipinski definition) is 0. The van der Waals surface area contributed by atoms with Gasteiger partial charge in [0.05, 0.1) is 0 Å². The van der Waals surface area contributed by atoms with Gasteiger partial charge in [-0.15, -0.1) is 21.0 Å². The van der Waals surface area contributed by atoms with E-state index in [0.29, 0.717) is 0 Å². The van der Waals surface area contributed by atoms with Crippen molar-refractivity contribution >= 4 is 21.0 Å². The van der Waals surface area contributed by atoms with Crippen LogP contribution in [0.25, 0.3) is 0 Å². The smallest absolute Gasteiger partial charge is 0.0101 e. The van der Waals surface area contributed by atoms with Crippen molar-refractivity contribution in [2.24, 2.45) is 0 Å². The molecule has 19 heavy (non-hydrogen) atoms. The summed E-state index contributed by atoms with van der Waals surface area (Å²) in [6.07, 6.45) is 14.2. The minimum atomic E-state index is 0. The molecule has 0 nitrogen and oxygen atoms in total.